The van der Waals surface area contributed by atoms with E-state index in [4.69, 9.17) is 15.3 Å². The minimum Gasteiger partial charge on any atom is -0.481 e. The van der Waals surface area contributed by atoms with E-state index in [2.05, 4.69) is 0 Å². The molecule has 0 aromatic rings. The zero-order valence-electron chi connectivity index (χ0n) is 6.16. The van der Waals surface area contributed by atoms with Gasteiger partial charge in [0.1, 0.15) is 0 Å². The van der Waals surface area contributed by atoms with Gasteiger partial charge in [-0.05, 0) is 19.3 Å². The van der Waals surface area contributed by atoms with Gasteiger partial charge in [-0.3, -0.25) is 4.79 Å². The molecule has 0 spiro atoms. The molecule has 0 radical (unpaired) electrons. The molecule has 1 saturated carbocycles. The van der Waals surface area contributed by atoms with Crippen LogP contribution in [0.2, 0.25) is 0 Å². The lowest BCUT2D eigenvalue weighted by atomic mass is 9.99. The van der Waals surface area contributed by atoms with Gasteiger partial charge in [-0.2, -0.15) is 0 Å². The van der Waals surface area contributed by atoms with Gasteiger partial charge >= 0.3 is 5.97 Å². The Morgan fingerprint density at radius 2 is 2.09 bits per heavy atom. The molecule has 4 nitrogen and oxygen atoms in total. The molecule has 11 heavy (non-hydrogen) atoms. The van der Waals surface area contributed by atoms with Crippen LogP contribution in [-0.4, -0.2) is 34.0 Å². The number of aliphatic carboxylic acids is 1. The van der Waals surface area contributed by atoms with E-state index in [9.17, 15) is 4.79 Å². The van der Waals surface area contributed by atoms with Crippen LogP contribution in [0.5, 0.6) is 0 Å². The smallest absolute Gasteiger partial charge is 0.309 e. The average Bonchev–Trinajstić information content (AvgIpc) is 2.69. The molecule has 1 rings (SSSR count). The van der Waals surface area contributed by atoms with E-state index in [1.807, 2.05) is 0 Å². The molecule has 4 heteroatoms. The average molecular weight is 160 g/mol. The maximum absolute atomic E-state index is 10.5. The van der Waals surface area contributed by atoms with Crippen LogP contribution in [0.1, 0.15) is 19.3 Å². The fraction of sp³-hybridized carbons (Fsp3) is 0.857. The lowest BCUT2D eigenvalue weighted by molar-refractivity contribution is -0.144. The molecular weight excluding hydrogens is 148 g/mol. The van der Waals surface area contributed by atoms with Crippen molar-refractivity contribution < 1.29 is 20.1 Å². The SMILES string of the molecule is O=C(O)C1(CC(O)CO)CC1. The highest BCUT2D eigenvalue weighted by Crippen LogP contribution is 2.49. The molecule has 1 aliphatic rings. The minimum absolute atomic E-state index is 0.179. The van der Waals surface area contributed by atoms with Gasteiger partial charge in [0.15, 0.2) is 0 Å². The molecule has 0 aliphatic heterocycles. The van der Waals surface area contributed by atoms with Crippen molar-refractivity contribution in [2.45, 2.75) is 25.4 Å². The first-order chi connectivity index (χ1) is 5.10. The summed E-state index contributed by atoms with van der Waals surface area (Å²) in [4.78, 5) is 10.5. The van der Waals surface area contributed by atoms with Gasteiger partial charge in [-0.25, -0.2) is 0 Å². The number of rotatable bonds is 4. The Kier molecular flexibility index (Phi) is 2.15. The van der Waals surface area contributed by atoms with E-state index in [0.29, 0.717) is 12.8 Å². The fourth-order valence-electron chi connectivity index (χ4n) is 1.17. The maximum Gasteiger partial charge on any atom is 0.309 e. The summed E-state index contributed by atoms with van der Waals surface area (Å²) >= 11 is 0. The summed E-state index contributed by atoms with van der Waals surface area (Å²) < 4.78 is 0. The fourth-order valence-corrected chi connectivity index (χ4v) is 1.17. The summed E-state index contributed by atoms with van der Waals surface area (Å²) in [6.07, 6.45) is 0.547. The van der Waals surface area contributed by atoms with E-state index in [-0.39, 0.29) is 13.0 Å². The molecule has 0 heterocycles. The largest absolute Gasteiger partial charge is 0.481 e. The molecule has 1 atom stereocenters. The Morgan fingerprint density at radius 1 is 1.55 bits per heavy atom. The van der Waals surface area contributed by atoms with E-state index < -0.39 is 17.5 Å². The van der Waals surface area contributed by atoms with Crippen LogP contribution in [0.25, 0.3) is 0 Å². The Hall–Kier alpha value is -0.610. The monoisotopic (exact) mass is 160 g/mol. The van der Waals surface area contributed by atoms with Crippen LogP contribution in [-0.2, 0) is 4.79 Å². The maximum atomic E-state index is 10.5. The third kappa shape index (κ3) is 1.70. The third-order valence-corrected chi connectivity index (χ3v) is 2.14. The van der Waals surface area contributed by atoms with E-state index in [1.165, 1.54) is 0 Å². The summed E-state index contributed by atoms with van der Waals surface area (Å²) in [6, 6.07) is 0. The Labute approximate surface area is 64.5 Å². The highest BCUT2D eigenvalue weighted by atomic mass is 16.4. The molecule has 0 aromatic carbocycles. The summed E-state index contributed by atoms with van der Waals surface area (Å²) in [5.41, 5.74) is -0.720. The van der Waals surface area contributed by atoms with Crippen molar-refractivity contribution in [3.8, 4) is 0 Å². The standard InChI is InChI=1S/C7H12O4/c8-4-5(9)3-7(1-2-7)6(10)11/h5,8-9H,1-4H2,(H,10,11). The second-order valence-corrected chi connectivity index (χ2v) is 3.13. The number of hydrogen-bond acceptors (Lipinski definition) is 3. The van der Waals surface area contributed by atoms with Crippen molar-refractivity contribution >= 4 is 5.97 Å². The predicted molar refractivity (Wildman–Crippen MR) is 37.0 cm³/mol. The number of aliphatic hydroxyl groups is 2. The summed E-state index contributed by atoms with van der Waals surface area (Å²) in [5.74, 6) is -0.856. The minimum atomic E-state index is -0.881. The van der Waals surface area contributed by atoms with E-state index in [0.717, 1.165) is 0 Å². The highest BCUT2D eigenvalue weighted by Gasteiger charge is 2.50. The third-order valence-electron chi connectivity index (χ3n) is 2.14. The lowest BCUT2D eigenvalue weighted by Gasteiger charge is -2.12. The Balaban J connectivity index is 2.41. The van der Waals surface area contributed by atoms with Gasteiger partial charge in [-0.15, -0.1) is 0 Å². The van der Waals surface area contributed by atoms with Crippen molar-refractivity contribution in [1.29, 1.82) is 0 Å². The van der Waals surface area contributed by atoms with Crippen molar-refractivity contribution in [3.05, 3.63) is 0 Å². The second kappa shape index (κ2) is 2.79. The first kappa shape index (κ1) is 8.49. The zero-order valence-corrected chi connectivity index (χ0v) is 6.16. The van der Waals surface area contributed by atoms with Gasteiger partial charge in [0, 0.05) is 0 Å². The molecule has 0 aromatic heterocycles. The molecule has 0 amide bonds. The summed E-state index contributed by atoms with van der Waals surface area (Å²) in [6.45, 7) is -0.352. The van der Waals surface area contributed by atoms with Crippen LogP contribution in [0.3, 0.4) is 0 Å². The van der Waals surface area contributed by atoms with Crippen molar-refractivity contribution in [3.63, 3.8) is 0 Å². The molecule has 0 bridgehead atoms. The molecule has 64 valence electrons. The van der Waals surface area contributed by atoms with Gasteiger partial charge in [0.25, 0.3) is 0 Å². The molecule has 3 N–H and O–H groups in total. The molecule has 0 saturated heterocycles. The predicted octanol–water partition coefficient (Wildman–Crippen LogP) is -0.406. The first-order valence-corrected chi connectivity index (χ1v) is 3.63. The van der Waals surface area contributed by atoms with E-state index in [1.54, 1.807) is 0 Å². The van der Waals surface area contributed by atoms with Crippen molar-refractivity contribution in [1.82, 2.24) is 0 Å². The van der Waals surface area contributed by atoms with Crippen LogP contribution < -0.4 is 0 Å². The Bertz CT molecular complexity index is 162. The van der Waals surface area contributed by atoms with Crippen LogP contribution in [0.15, 0.2) is 0 Å². The van der Waals surface area contributed by atoms with Gasteiger partial charge in [0.05, 0.1) is 18.1 Å². The van der Waals surface area contributed by atoms with Crippen molar-refractivity contribution in [2.75, 3.05) is 6.61 Å². The summed E-state index contributed by atoms with van der Waals surface area (Å²) in [5, 5.41) is 26.1. The topological polar surface area (TPSA) is 77.8 Å². The van der Waals surface area contributed by atoms with Crippen molar-refractivity contribution in [2.24, 2.45) is 5.41 Å². The lowest BCUT2D eigenvalue weighted by Crippen LogP contribution is -2.24. The van der Waals surface area contributed by atoms with Gasteiger partial charge in [0.2, 0.25) is 0 Å². The van der Waals surface area contributed by atoms with E-state index >= 15 is 0 Å². The van der Waals surface area contributed by atoms with Crippen LogP contribution in [0.4, 0.5) is 0 Å². The first-order valence-electron chi connectivity index (χ1n) is 3.63. The number of carboxylic acid groups (broad SMARTS) is 1. The van der Waals surface area contributed by atoms with Gasteiger partial charge < -0.3 is 15.3 Å². The molecule has 1 unspecified atom stereocenters. The number of carbonyl (C=O) groups is 1. The molecule has 1 fully saturated rings. The van der Waals surface area contributed by atoms with Crippen LogP contribution >= 0.6 is 0 Å². The number of carboxylic acids is 1. The quantitative estimate of drug-likeness (QED) is 0.522. The molecule has 1 aliphatic carbocycles. The normalized spacial score (nSPS) is 22.7. The number of hydrogen-bond donors (Lipinski definition) is 3. The molecular formula is C7H12O4. The summed E-state index contributed by atoms with van der Waals surface area (Å²) in [7, 11) is 0. The second-order valence-electron chi connectivity index (χ2n) is 3.13. The van der Waals surface area contributed by atoms with Gasteiger partial charge in [-0.1, -0.05) is 0 Å². The number of aliphatic hydroxyl groups excluding tert-OH is 2. The zero-order chi connectivity index (χ0) is 8.48. The Morgan fingerprint density at radius 3 is 2.36 bits per heavy atom. The highest BCUT2D eigenvalue weighted by molar-refractivity contribution is 5.77. The van der Waals surface area contributed by atoms with Crippen LogP contribution in [0, 0.1) is 5.41 Å².